The summed E-state index contributed by atoms with van der Waals surface area (Å²) in [6.07, 6.45) is 1.51. The normalized spacial score (nSPS) is 10.7. The fraction of sp³-hybridized carbons (Fsp3) is 0.200. The number of hydrogen-bond donors (Lipinski definition) is 1. The van der Waals surface area contributed by atoms with Crippen LogP contribution in [0.15, 0.2) is 64.2 Å². The van der Waals surface area contributed by atoms with E-state index >= 15 is 0 Å². The molecule has 3 rings (SSSR count). The van der Waals surface area contributed by atoms with Gasteiger partial charge in [-0.25, -0.2) is 5.43 Å². The van der Waals surface area contributed by atoms with Crippen molar-refractivity contribution in [3.63, 3.8) is 0 Å². The lowest BCUT2D eigenvalue weighted by atomic mass is 10.2. The number of nitrogens with zero attached hydrogens (tertiary/aromatic N) is 1. The molecule has 1 amide bonds. The number of benzene rings is 3. The molecule has 0 heterocycles. The van der Waals surface area contributed by atoms with Gasteiger partial charge in [0.15, 0.2) is 11.5 Å². The highest BCUT2D eigenvalue weighted by atomic mass is 79.9. The average molecular weight is 548 g/mol. The first kappa shape index (κ1) is 25.4. The molecule has 0 saturated carbocycles. The minimum absolute atomic E-state index is 0.284. The van der Waals surface area contributed by atoms with E-state index < -0.39 is 5.91 Å². The number of amides is 1. The summed E-state index contributed by atoms with van der Waals surface area (Å²) in [6, 6.07) is 16.0. The summed E-state index contributed by atoms with van der Waals surface area (Å²) in [6.45, 7) is 2.62. The second-order valence-corrected chi connectivity index (χ2v) is 8.21. The van der Waals surface area contributed by atoms with Gasteiger partial charge in [0, 0.05) is 22.2 Å². The predicted molar refractivity (Wildman–Crippen MR) is 136 cm³/mol. The number of halogens is 2. The van der Waals surface area contributed by atoms with Crippen molar-refractivity contribution in [1.29, 1.82) is 0 Å². The smallest absolute Gasteiger partial charge is 0.271 e. The maximum Gasteiger partial charge on any atom is 0.271 e. The molecule has 1 N–H and O–H groups in total. The molecule has 0 aliphatic rings. The van der Waals surface area contributed by atoms with E-state index in [-0.39, 0.29) is 6.61 Å². The molecule has 0 aliphatic heterocycles. The van der Waals surface area contributed by atoms with Gasteiger partial charge in [0.1, 0.15) is 18.1 Å². The van der Waals surface area contributed by atoms with Gasteiger partial charge in [0.2, 0.25) is 0 Å². The molecule has 0 radical (unpaired) electrons. The summed E-state index contributed by atoms with van der Waals surface area (Å²) < 4.78 is 22.8. The molecule has 3 aromatic rings. The van der Waals surface area contributed by atoms with Crippen LogP contribution in [0.25, 0.3) is 0 Å². The molecule has 178 valence electrons. The zero-order valence-corrected chi connectivity index (χ0v) is 21.3. The molecule has 0 bridgehead atoms. The van der Waals surface area contributed by atoms with Crippen molar-refractivity contribution in [3.05, 3.63) is 80.8 Å². The van der Waals surface area contributed by atoms with E-state index in [2.05, 4.69) is 26.5 Å². The van der Waals surface area contributed by atoms with Crippen LogP contribution in [0.1, 0.15) is 28.4 Å². The van der Waals surface area contributed by atoms with Crippen LogP contribution in [0, 0.1) is 0 Å². The Bertz CT molecular complexity index is 1160. The number of carbonyl (C=O) groups excluding carboxylic acids is 1. The zero-order valence-electron chi connectivity index (χ0n) is 18.9. The Kier molecular flexibility index (Phi) is 9.18. The third-order valence-electron chi connectivity index (χ3n) is 4.65. The highest BCUT2D eigenvalue weighted by Gasteiger charge is 2.13. The van der Waals surface area contributed by atoms with Crippen LogP contribution >= 0.6 is 27.5 Å². The van der Waals surface area contributed by atoms with Crippen molar-refractivity contribution < 1.29 is 23.7 Å². The fourth-order valence-corrected chi connectivity index (χ4v) is 3.76. The van der Waals surface area contributed by atoms with E-state index in [4.69, 9.17) is 30.5 Å². The van der Waals surface area contributed by atoms with E-state index in [9.17, 15) is 4.79 Å². The molecule has 0 aromatic heterocycles. The Hall–Kier alpha value is -3.23. The second kappa shape index (κ2) is 12.3. The highest BCUT2D eigenvalue weighted by Crippen LogP contribution is 2.37. The van der Waals surface area contributed by atoms with E-state index in [1.165, 1.54) is 20.4 Å². The molecule has 0 spiro atoms. The van der Waals surface area contributed by atoms with Crippen molar-refractivity contribution in [2.45, 2.75) is 13.5 Å². The van der Waals surface area contributed by atoms with Gasteiger partial charge in [0.25, 0.3) is 5.91 Å². The monoisotopic (exact) mass is 546 g/mol. The van der Waals surface area contributed by atoms with Gasteiger partial charge in [-0.1, -0.05) is 29.8 Å². The van der Waals surface area contributed by atoms with Crippen LogP contribution in [-0.2, 0) is 6.61 Å². The topological polar surface area (TPSA) is 78.4 Å². The van der Waals surface area contributed by atoms with Gasteiger partial charge < -0.3 is 18.9 Å². The number of hydrazone groups is 1. The minimum Gasteiger partial charge on any atom is -0.497 e. The maximum atomic E-state index is 12.5. The first-order valence-corrected chi connectivity index (χ1v) is 11.5. The molecule has 0 saturated heterocycles. The quantitative estimate of drug-likeness (QED) is 0.254. The lowest BCUT2D eigenvalue weighted by Gasteiger charge is -2.15. The lowest BCUT2D eigenvalue weighted by Crippen LogP contribution is -2.17. The lowest BCUT2D eigenvalue weighted by molar-refractivity contribution is 0.0954. The molecule has 3 aromatic carbocycles. The predicted octanol–water partition coefficient (Wildman–Crippen LogP) is 5.86. The number of carbonyl (C=O) groups is 1. The summed E-state index contributed by atoms with van der Waals surface area (Å²) in [5.74, 6) is 1.69. The molecule has 9 heteroatoms. The van der Waals surface area contributed by atoms with E-state index in [1.54, 1.807) is 24.3 Å². The number of ether oxygens (including phenoxy) is 4. The first-order chi connectivity index (χ1) is 16.4. The zero-order chi connectivity index (χ0) is 24.5. The fourth-order valence-electron chi connectivity index (χ4n) is 3.00. The largest absolute Gasteiger partial charge is 0.497 e. The number of rotatable bonds is 10. The Morgan fingerprint density at radius 1 is 1.06 bits per heavy atom. The second-order valence-electron chi connectivity index (χ2n) is 6.94. The summed E-state index contributed by atoms with van der Waals surface area (Å²) in [4.78, 5) is 12.5. The van der Waals surface area contributed by atoms with E-state index in [0.29, 0.717) is 50.2 Å². The number of methoxy groups -OCH3 is 2. The third kappa shape index (κ3) is 6.65. The summed E-state index contributed by atoms with van der Waals surface area (Å²) in [7, 11) is 3.04. The van der Waals surface area contributed by atoms with Gasteiger partial charge >= 0.3 is 0 Å². The van der Waals surface area contributed by atoms with Gasteiger partial charge in [-0.15, -0.1) is 0 Å². The van der Waals surface area contributed by atoms with Crippen LogP contribution in [0.4, 0.5) is 0 Å². The molecular weight excluding hydrogens is 524 g/mol. The summed E-state index contributed by atoms with van der Waals surface area (Å²) in [5.41, 5.74) is 4.42. The molecule has 0 atom stereocenters. The van der Waals surface area contributed by atoms with Crippen molar-refractivity contribution in [1.82, 2.24) is 5.43 Å². The van der Waals surface area contributed by atoms with Crippen LogP contribution in [0.3, 0.4) is 0 Å². The number of nitrogens with one attached hydrogen (secondary N) is 1. The van der Waals surface area contributed by atoms with Crippen molar-refractivity contribution in [2.24, 2.45) is 5.10 Å². The van der Waals surface area contributed by atoms with E-state index in [1.807, 2.05) is 37.3 Å². The Labute approximate surface area is 211 Å². The van der Waals surface area contributed by atoms with Crippen LogP contribution < -0.4 is 24.4 Å². The maximum absolute atomic E-state index is 12.5. The molecule has 0 aliphatic carbocycles. The Morgan fingerprint density at radius 2 is 1.76 bits per heavy atom. The van der Waals surface area contributed by atoms with Gasteiger partial charge in [0.05, 0.1) is 31.5 Å². The standard InChI is InChI=1S/C25H24BrClN2O5/c1-4-33-23-10-16(9-21(26)24(23)34-15-17-7-5-6-8-22(17)27)14-28-29-25(30)18-11-19(31-2)13-20(12-18)32-3/h5-14H,4,15H2,1-3H3,(H,29,30)/b28-14-. The minimum atomic E-state index is -0.405. The van der Waals surface area contributed by atoms with Crippen molar-refractivity contribution >= 4 is 39.7 Å². The van der Waals surface area contributed by atoms with Crippen LogP contribution in [-0.4, -0.2) is 32.9 Å². The molecule has 34 heavy (non-hydrogen) atoms. The molecule has 0 unspecified atom stereocenters. The molecule has 7 nitrogen and oxygen atoms in total. The van der Waals surface area contributed by atoms with Crippen molar-refractivity contribution in [3.8, 4) is 23.0 Å². The van der Waals surface area contributed by atoms with Crippen molar-refractivity contribution in [2.75, 3.05) is 20.8 Å². The summed E-state index contributed by atoms with van der Waals surface area (Å²) >= 11 is 9.76. The van der Waals surface area contributed by atoms with Gasteiger partial charge in [-0.3, -0.25) is 4.79 Å². The third-order valence-corrected chi connectivity index (χ3v) is 5.61. The molecule has 0 fully saturated rings. The van der Waals surface area contributed by atoms with Gasteiger partial charge in [-0.2, -0.15) is 5.10 Å². The van der Waals surface area contributed by atoms with Crippen LogP contribution in [0.5, 0.6) is 23.0 Å². The van der Waals surface area contributed by atoms with Crippen LogP contribution in [0.2, 0.25) is 5.02 Å². The Morgan fingerprint density at radius 3 is 2.41 bits per heavy atom. The summed E-state index contributed by atoms with van der Waals surface area (Å²) in [5, 5.41) is 4.69. The number of hydrogen-bond acceptors (Lipinski definition) is 6. The highest BCUT2D eigenvalue weighted by molar-refractivity contribution is 9.10. The Balaban J connectivity index is 1.74. The average Bonchev–Trinajstić information content (AvgIpc) is 2.84. The first-order valence-electron chi connectivity index (χ1n) is 10.3. The SMILES string of the molecule is CCOc1cc(/C=N\NC(=O)c2cc(OC)cc(OC)c2)cc(Br)c1OCc1ccccc1Cl. The molecular formula is C25H24BrClN2O5. The van der Waals surface area contributed by atoms with E-state index in [0.717, 1.165) is 5.56 Å². The van der Waals surface area contributed by atoms with Gasteiger partial charge in [-0.05, 0) is 58.7 Å².